The molecule has 1 heterocycles. The molecule has 1 aromatic rings. The third-order valence-electron chi connectivity index (χ3n) is 6.39. The second kappa shape index (κ2) is 11.0. The van der Waals surface area contributed by atoms with E-state index in [1.807, 2.05) is 24.3 Å². The van der Waals surface area contributed by atoms with E-state index in [4.69, 9.17) is 0 Å². The van der Waals surface area contributed by atoms with Crippen LogP contribution in [0.4, 0.5) is 0 Å². The van der Waals surface area contributed by atoms with Gasteiger partial charge in [0.15, 0.2) is 0 Å². The molecule has 0 radical (unpaired) electrons. The molecule has 2 aliphatic rings. The quantitative estimate of drug-likeness (QED) is 0.583. The number of hydrogen-bond donors (Lipinski definition) is 3. The fourth-order valence-electron chi connectivity index (χ4n) is 4.69. The lowest BCUT2D eigenvalue weighted by Crippen LogP contribution is -2.37. The van der Waals surface area contributed by atoms with Crippen LogP contribution >= 0.6 is 0 Å². The average molecular weight is 373 g/mol. The second-order valence-electron chi connectivity index (χ2n) is 8.28. The van der Waals surface area contributed by atoms with Gasteiger partial charge in [-0.2, -0.15) is 0 Å². The lowest BCUT2D eigenvalue weighted by atomic mass is 9.81. The summed E-state index contributed by atoms with van der Waals surface area (Å²) in [5.74, 6) is 1.62. The van der Waals surface area contributed by atoms with Crippen LogP contribution in [0.1, 0.15) is 49.7 Å². The Labute approximate surface area is 164 Å². The maximum Gasteiger partial charge on any atom is 0.0687 e. The smallest absolute Gasteiger partial charge is 0.0687 e. The van der Waals surface area contributed by atoms with Gasteiger partial charge in [0.25, 0.3) is 0 Å². The largest absolute Gasteiger partial charge is 0.395 e. The lowest BCUT2D eigenvalue weighted by Gasteiger charge is -2.33. The molecule has 0 spiro atoms. The van der Waals surface area contributed by atoms with Gasteiger partial charge in [0.2, 0.25) is 0 Å². The molecule has 1 atom stereocenters. The molecule has 1 aliphatic carbocycles. The van der Waals surface area contributed by atoms with Gasteiger partial charge in [-0.1, -0.05) is 36.4 Å². The number of aliphatic hydroxyl groups excluding tert-OH is 2. The lowest BCUT2D eigenvalue weighted by molar-refractivity contribution is 0.124. The van der Waals surface area contributed by atoms with Gasteiger partial charge < -0.3 is 15.5 Å². The number of nitrogens with one attached hydrogen (secondary N) is 1. The van der Waals surface area contributed by atoms with Crippen molar-refractivity contribution in [2.45, 2.75) is 51.2 Å². The van der Waals surface area contributed by atoms with Crippen molar-refractivity contribution in [3.63, 3.8) is 0 Å². The number of nitrogens with zero attached hydrogens (tertiary/aromatic N) is 1. The monoisotopic (exact) mass is 372 g/mol. The summed E-state index contributed by atoms with van der Waals surface area (Å²) in [6.45, 7) is 4.77. The maximum atomic E-state index is 9.48. The van der Waals surface area contributed by atoms with Crippen molar-refractivity contribution < 1.29 is 10.2 Å². The molecule has 0 amide bonds. The van der Waals surface area contributed by atoms with E-state index in [1.54, 1.807) is 0 Å². The van der Waals surface area contributed by atoms with E-state index in [-0.39, 0.29) is 6.61 Å². The van der Waals surface area contributed by atoms with Crippen molar-refractivity contribution in [1.29, 1.82) is 0 Å². The van der Waals surface area contributed by atoms with Crippen molar-refractivity contribution in [2.24, 2.45) is 11.8 Å². The van der Waals surface area contributed by atoms with Gasteiger partial charge in [0.05, 0.1) is 13.2 Å². The van der Waals surface area contributed by atoms with Gasteiger partial charge in [-0.05, 0) is 74.6 Å². The van der Waals surface area contributed by atoms with E-state index < -0.39 is 0 Å². The van der Waals surface area contributed by atoms with E-state index in [9.17, 15) is 10.2 Å². The number of likely N-dealkylation sites (tertiary alicyclic amines) is 1. The second-order valence-corrected chi connectivity index (χ2v) is 8.28. The molecule has 3 N–H and O–H groups in total. The molecule has 1 saturated carbocycles. The van der Waals surface area contributed by atoms with Gasteiger partial charge in [0, 0.05) is 19.1 Å². The zero-order valence-electron chi connectivity index (χ0n) is 16.5. The molecular weight excluding hydrogens is 336 g/mol. The number of benzene rings is 1. The minimum atomic E-state index is 0.0909. The highest BCUT2D eigenvalue weighted by molar-refractivity contribution is 5.53. The van der Waals surface area contributed by atoms with E-state index in [0.717, 1.165) is 36.1 Å². The van der Waals surface area contributed by atoms with Crippen molar-refractivity contribution in [3.05, 3.63) is 41.5 Å². The summed E-state index contributed by atoms with van der Waals surface area (Å²) in [5.41, 5.74) is 2.08. The zero-order valence-corrected chi connectivity index (χ0v) is 16.5. The van der Waals surface area contributed by atoms with E-state index in [1.165, 1.54) is 51.6 Å². The van der Waals surface area contributed by atoms with Crippen molar-refractivity contribution >= 4 is 6.08 Å². The van der Waals surface area contributed by atoms with Gasteiger partial charge in [-0.15, -0.1) is 0 Å². The molecule has 2 fully saturated rings. The van der Waals surface area contributed by atoms with Crippen LogP contribution in [0.25, 0.3) is 6.08 Å². The molecule has 4 heteroatoms. The number of aliphatic hydroxyl groups is 2. The van der Waals surface area contributed by atoms with Gasteiger partial charge in [-0.3, -0.25) is 4.90 Å². The summed E-state index contributed by atoms with van der Waals surface area (Å²) in [6.07, 6.45) is 12.0. The van der Waals surface area contributed by atoms with Crippen LogP contribution in [-0.4, -0.2) is 53.9 Å². The Kier molecular flexibility index (Phi) is 8.34. The van der Waals surface area contributed by atoms with Crippen LogP contribution in [0.15, 0.2) is 30.3 Å². The summed E-state index contributed by atoms with van der Waals surface area (Å²) < 4.78 is 0. The Morgan fingerprint density at radius 1 is 1.04 bits per heavy atom. The van der Waals surface area contributed by atoms with Crippen LogP contribution in [0.5, 0.6) is 0 Å². The predicted molar refractivity (Wildman–Crippen MR) is 111 cm³/mol. The first-order chi connectivity index (χ1) is 13.3. The topological polar surface area (TPSA) is 55.7 Å². The molecule has 0 bridgehead atoms. The standard InChI is InChI=1S/C23H36N2O2/c26-17-22-6-2-1-5-21(22)7-3-13-24-15-19-9-11-20(12-10-19)16-25-14-4-8-23(25)18-27/h1-3,5-7,19-20,23-24,26-27H,4,8-18H2. The van der Waals surface area contributed by atoms with Crippen molar-refractivity contribution in [3.8, 4) is 0 Å². The van der Waals surface area contributed by atoms with Gasteiger partial charge in [-0.25, -0.2) is 0 Å². The third-order valence-corrected chi connectivity index (χ3v) is 6.39. The summed E-state index contributed by atoms with van der Waals surface area (Å²) >= 11 is 0. The van der Waals surface area contributed by atoms with Crippen molar-refractivity contribution in [1.82, 2.24) is 10.2 Å². The fraction of sp³-hybridized carbons (Fsp3) is 0.652. The van der Waals surface area contributed by atoms with E-state index >= 15 is 0 Å². The SMILES string of the molecule is OCc1ccccc1C=CCNCC1CCC(CN2CCCC2CO)CC1. The zero-order chi connectivity index (χ0) is 18.9. The highest BCUT2D eigenvalue weighted by Gasteiger charge is 2.28. The van der Waals surface area contributed by atoms with Crippen LogP contribution in [0.3, 0.4) is 0 Å². The molecule has 1 saturated heterocycles. The predicted octanol–water partition coefficient (Wildman–Crippen LogP) is 3.04. The van der Waals surface area contributed by atoms with Gasteiger partial charge >= 0.3 is 0 Å². The Morgan fingerprint density at radius 3 is 2.59 bits per heavy atom. The minimum absolute atomic E-state index is 0.0909. The molecule has 1 aromatic carbocycles. The first-order valence-electron chi connectivity index (χ1n) is 10.7. The third kappa shape index (κ3) is 6.15. The summed E-state index contributed by atoms with van der Waals surface area (Å²) in [4.78, 5) is 2.53. The Balaban J connectivity index is 1.31. The van der Waals surface area contributed by atoms with E-state index in [2.05, 4.69) is 22.4 Å². The Hall–Kier alpha value is -1.20. The Morgan fingerprint density at radius 2 is 1.81 bits per heavy atom. The average Bonchev–Trinajstić information content (AvgIpc) is 3.16. The Bertz CT molecular complexity index is 581. The molecule has 4 nitrogen and oxygen atoms in total. The van der Waals surface area contributed by atoms with E-state index in [0.29, 0.717) is 12.6 Å². The minimum Gasteiger partial charge on any atom is -0.395 e. The van der Waals surface area contributed by atoms with Crippen LogP contribution < -0.4 is 5.32 Å². The van der Waals surface area contributed by atoms with Crippen LogP contribution in [-0.2, 0) is 6.61 Å². The molecule has 3 rings (SSSR count). The molecular formula is C23H36N2O2. The first-order valence-corrected chi connectivity index (χ1v) is 10.7. The fourth-order valence-corrected chi connectivity index (χ4v) is 4.69. The molecule has 1 unspecified atom stereocenters. The summed E-state index contributed by atoms with van der Waals surface area (Å²) in [6, 6.07) is 8.41. The number of rotatable bonds is 9. The molecule has 150 valence electrons. The first kappa shape index (κ1) is 20.5. The molecule has 27 heavy (non-hydrogen) atoms. The molecule has 1 aliphatic heterocycles. The molecule has 0 aromatic heterocycles. The number of hydrogen-bond acceptors (Lipinski definition) is 4. The highest BCUT2D eigenvalue weighted by atomic mass is 16.3. The maximum absolute atomic E-state index is 9.48. The van der Waals surface area contributed by atoms with Crippen LogP contribution in [0.2, 0.25) is 0 Å². The summed E-state index contributed by atoms with van der Waals surface area (Å²) in [7, 11) is 0. The van der Waals surface area contributed by atoms with Crippen LogP contribution in [0, 0.1) is 11.8 Å². The summed E-state index contributed by atoms with van der Waals surface area (Å²) in [5, 5.41) is 22.4. The normalized spacial score (nSPS) is 26.8. The van der Waals surface area contributed by atoms with Gasteiger partial charge in [0.1, 0.15) is 0 Å². The highest BCUT2D eigenvalue weighted by Crippen LogP contribution is 2.30. The van der Waals surface area contributed by atoms with Crippen molar-refractivity contribution in [2.75, 3.05) is 32.8 Å².